The van der Waals surface area contributed by atoms with Crippen molar-refractivity contribution in [3.8, 4) is 0 Å². The van der Waals surface area contributed by atoms with Gasteiger partial charge in [0.15, 0.2) is 0 Å². The number of amides is 3. The number of fused-ring (bicyclic) bond motifs is 1. The van der Waals surface area contributed by atoms with E-state index >= 15 is 0 Å². The summed E-state index contributed by atoms with van der Waals surface area (Å²) < 4.78 is 0. The zero-order valence-corrected chi connectivity index (χ0v) is 23.3. The highest BCUT2D eigenvalue weighted by Gasteiger charge is 2.47. The SMILES string of the molecule is CN[C@@H](C)C(=O)NC(C(=O)N1[C@H](C(=O)N[C@@H]2CCCc3ccccc32)CC[C@H]1c1ccccc1)C(C)(C)C. The van der Waals surface area contributed by atoms with Gasteiger partial charge in [0.25, 0.3) is 0 Å². The first-order chi connectivity index (χ1) is 18.1. The molecule has 3 N–H and O–H groups in total. The lowest BCUT2D eigenvalue weighted by molar-refractivity contribution is -0.146. The van der Waals surface area contributed by atoms with E-state index in [0.717, 1.165) is 24.8 Å². The number of aryl methyl sites for hydroxylation is 1. The Balaban J connectivity index is 1.64. The zero-order chi connectivity index (χ0) is 27.4. The van der Waals surface area contributed by atoms with Crippen molar-refractivity contribution in [2.45, 2.75) is 90.0 Å². The van der Waals surface area contributed by atoms with Gasteiger partial charge in [0.05, 0.1) is 18.1 Å². The second-order valence-corrected chi connectivity index (χ2v) is 11.7. The molecule has 3 amide bonds. The van der Waals surface area contributed by atoms with Gasteiger partial charge in [-0.3, -0.25) is 14.4 Å². The highest BCUT2D eigenvalue weighted by molar-refractivity contribution is 5.94. The van der Waals surface area contributed by atoms with Crippen LogP contribution in [0.4, 0.5) is 0 Å². The van der Waals surface area contributed by atoms with E-state index in [1.807, 2.05) is 63.2 Å². The van der Waals surface area contributed by atoms with E-state index in [2.05, 4.69) is 28.1 Å². The van der Waals surface area contributed by atoms with Gasteiger partial charge in [-0.2, -0.15) is 0 Å². The van der Waals surface area contributed by atoms with Gasteiger partial charge in [-0.15, -0.1) is 0 Å². The van der Waals surface area contributed by atoms with E-state index in [9.17, 15) is 14.4 Å². The van der Waals surface area contributed by atoms with Crippen molar-refractivity contribution in [2.24, 2.45) is 5.41 Å². The Bertz CT molecular complexity index is 1140. The summed E-state index contributed by atoms with van der Waals surface area (Å²) in [5.74, 6) is -0.582. The van der Waals surface area contributed by atoms with Gasteiger partial charge in [-0.25, -0.2) is 0 Å². The number of nitrogens with one attached hydrogen (secondary N) is 3. The average molecular weight is 519 g/mol. The van der Waals surface area contributed by atoms with Crippen molar-refractivity contribution < 1.29 is 14.4 Å². The van der Waals surface area contributed by atoms with Gasteiger partial charge in [-0.05, 0) is 68.2 Å². The minimum atomic E-state index is -0.777. The van der Waals surface area contributed by atoms with E-state index in [-0.39, 0.29) is 29.8 Å². The van der Waals surface area contributed by atoms with Crippen molar-refractivity contribution in [2.75, 3.05) is 7.05 Å². The number of likely N-dealkylation sites (tertiary alicyclic amines) is 1. The Hall–Kier alpha value is -3.19. The molecule has 2 aromatic rings. The van der Waals surface area contributed by atoms with Gasteiger partial charge in [0.1, 0.15) is 12.1 Å². The second kappa shape index (κ2) is 11.7. The molecule has 1 heterocycles. The molecule has 1 aliphatic heterocycles. The number of nitrogens with zero attached hydrogens (tertiary/aromatic N) is 1. The van der Waals surface area contributed by atoms with Crippen LogP contribution in [0, 0.1) is 5.41 Å². The first-order valence-electron chi connectivity index (χ1n) is 13.8. The second-order valence-electron chi connectivity index (χ2n) is 11.7. The molecule has 7 nitrogen and oxygen atoms in total. The Morgan fingerprint density at radius 2 is 1.63 bits per heavy atom. The summed E-state index contributed by atoms with van der Waals surface area (Å²) in [5, 5.41) is 9.22. The molecule has 4 rings (SSSR count). The van der Waals surface area contributed by atoms with E-state index in [1.165, 1.54) is 11.1 Å². The van der Waals surface area contributed by atoms with Crippen LogP contribution in [0.2, 0.25) is 0 Å². The molecule has 2 aromatic carbocycles. The molecule has 0 spiro atoms. The van der Waals surface area contributed by atoms with Crippen LogP contribution in [0.25, 0.3) is 0 Å². The number of carbonyl (C=O) groups is 3. The highest BCUT2D eigenvalue weighted by Crippen LogP contribution is 2.39. The maximum Gasteiger partial charge on any atom is 0.246 e. The van der Waals surface area contributed by atoms with Gasteiger partial charge < -0.3 is 20.9 Å². The summed E-state index contributed by atoms with van der Waals surface area (Å²) in [5.41, 5.74) is 2.90. The number of hydrogen-bond acceptors (Lipinski definition) is 4. The summed E-state index contributed by atoms with van der Waals surface area (Å²) >= 11 is 0. The topological polar surface area (TPSA) is 90.5 Å². The monoisotopic (exact) mass is 518 g/mol. The number of carbonyl (C=O) groups excluding carboxylic acids is 3. The Morgan fingerprint density at radius 3 is 2.32 bits per heavy atom. The molecule has 0 saturated carbocycles. The third-order valence-electron chi connectivity index (χ3n) is 8.04. The molecule has 5 atom stereocenters. The molecule has 2 aliphatic rings. The fraction of sp³-hybridized carbons (Fsp3) is 0.516. The lowest BCUT2D eigenvalue weighted by Crippen LogP contribution is -2.60. The molecule has 204 valence electrons. The fourth-order valence-electron chi connectivity index (χ4n) is 5.75. The van der Waals surface area contributed by atoms with Crippen LogP contribution in [-0.4, -0.2) is 47.8 Å². The van der Waals surface area contributed by atoms with Crippen molar-refractivity contribution in [3.05, 3.63) is 71.3 Å². The van der Waals surface area contributed by atoms with Crippen molar-refractivity contribution in [1.29, 1.82) is 0 Å². The number of likely N-dealkylation sites (N-methyl/N-ethyl adjacent to an activating group) is 1. The number of rotatable bonds is 7. The van der Waals surface area contributed by atoms with E-state index < -0.39 is 23.5 Å². The van der Waals surface area contributed by atoms with Gasteiger partial charge >= 0.3 is 0 Å². The highest BCUT2D eigenvalue weighted by atomic mass is 16.2. The third-order valence-corrected chi connectivity index (χ3v) is 8.04. The Morgan fingerprint density at radius 1 is 0.947 bits per heavy atom. The van der Waals surface area contributed by atoms with E-state index in [0.29, 0.717) is 12.8 Å². The fourth-order valence-corrected chi connectivity index (χ4v) is 5.75. The first kappa shape index (κ1) is 27.8. The van der Waals surface area contributed by atoms with Crippen LogP contribution < -0.4 is 16.0 Å². The molecular formula is C31H42N4O3. The molecule has 1 saturated heterocycles. The van der Waals surface area contributed by atoms with Crippen molar-refractivity contribution >= 4 is 17.7 Å². The van der Waals surface area contributed by atoms with Crippen molar-refractivity contribution in [1.82, 2.24) is 20.9 Å². The van der Waals surface area contributed by atoms with Crippen LogP contribution in [0.1, 0.15) is 82.2 Å². The van der Waals surface area contributed by atoms with Gasteiger partial charge in [0.2, 0.25) is 17.7 Å². The predicted octanol–water partition coefficient (Wildman–Crippen LogP) is 4.05. The molecule has 0 aromatic heterocycles. The number of hydrogen-bond donors (Lipinski definition) is 3. The normalized spacial score (nSPS) is 22.8. The lowest BCUT2D eigenvalue weighted by atomic mass is 9.85. The van der Waals surface area contributed by atoms with Crippen LogP contribution in [-0.2, 0) is 20.8 Å². The van der Waals surface area contributed by atoms with Crippen molar-refractivity contribution in [3.63, 3.8) is 0 Å². The maximum atomic E-state index is 14.3. The molecule has 0 bridgehead atoms. The largest absolute Gasteiger partial charge is 0.347 e. The molecule has 1 unspecified atom stereocenters. The summed E-state index contributed by atoms with van der Waals surface area (Å²) in [7, 11) is 1.72. The minimum absolute atomic E-state index is 0.0604. The van der Waals surface area contributed by atoms with Gasteiger partial charge in [-0.1, -0.05) is 75.4 Å². The standard InChI is InChI=1S/C31H42N4O3/c1-20(32-5)28(36)34-27(31(2,3)4)30(38)35-25(22-13-7-6-8-14-22)18-19-26(35)29(37)33-24-17-11-15-21-12-9-10-16-23(21)24/h6-10,12-14,16,20,24-27,32H,11,15,17-19H2,1-5H3,(H,33,37)(H,34,36)/t20-,24+,25-,26-,27?/m0/s1. The summed E-state index contributed by atoms with van der Waals surface area (Å²) in [4.78, 5) is 42.8. The first-order valence-corrected chi connectivity index (χ1v) is 13.8. The Labute approximate surface area is 226 Å². The predicted molar refractivity (Wildman–Crippen MR) is 149 cm³/mol. The van der Waals surface area contributed by atoms with Crippen LogP contribution in [0.15, 0.2) is 54.6 Å². The molecular weight excluding hydrogens is 476 g/mol. The molecule has 1 fully saturated rings. The minimum Gasteiger partial charge on any atom is -0.347 e. The zero-order valence-electron chi connectivity index (χ0n) is 23.3. The molecule has 7 heteroatoms. The summed E-state index contributed by atoms with van der Waals surface area (Å²) in [6.45, 7) is 7.60. The van der Waals surface area contributed by atoms with Gasteiger partial charge in [0, 0.05) is 0 Å². The molecule has 38 heavy (non-hydrogen) atoms. The van der Waals surface area contributed by atoms with Crippen LogP contribution in [0.5, 0.6) is 0 Å². The average Bonchev–Trinajstić information content (AvgIpc) is 3.36. The van der Waals surface area contributed by atoms with E-state index in [4.69, 9.17) is 0 Å². The maximum absolute atomic E-state index is 14.3. The summed E-state index contributed by atoms with van der Waals surface area (Å²) in [6, 6.07) is 16.1. The molecule has 0 radical (unpaired) electrons. The van der Waals surface area contributed by atoms with E-state index in [1.54, 1.807) is 18.9 Å². The van der Waals surface area contributed by atoms with Crippen LogP contribution in [0.3, 0.4) is 0 Å². The third kappa shape index (κ3) is 5.93. The quantitative estimate of drug-likeness (QED) is 0.516. The summed E-state index contributed by atoms with van der Waals surface area (Å²) in [6.07, 6.45) is 4.18. The Kier molecular flexibility index (Phi) is 8.56. The smallest absolute Gasteiger partial charge is 0.246 e. The lowest BCUT2D eigenvalue weighted by Gasteiger charge is -2.39. The molecule has 1 aliphatic carbocycles. The van der Waals surface area contributed by atoms with Crippen LogP contribution >= 0.6 is 0 Å². The number of benzene rings is 2.